The Morgan fingerprint density at radius 3 is 2.40 bits per heavy atom. The molecule has 1 aromatic heterocycles. The molecular weight excluding hydrogens is 452 g/mol. The maximum atomic E-state index is 13.0. The number of piperidine rings is 2. The molecule has 0 aliphatic carbocycles. The van der Waals surface area contributed by atoms with Crippen molar-refractivity contribution in [2.75, 3.05) is 13.1 Å². The third kappa shape index (κ3) is 5.31. The Kier molecular flexibility index (Phi) is 7.37. The second-order valence-corrected chi connectivity index (χ2v) is 9.54. The van der Waals surface area contributed by atoms with Crippen molar-refractivity contribution >= 4 is 34.7 Å². The maximum absolute atomic E-state index is 13.0. The van der Waals surface area contributed by atoms with E-state index in [-0.39, 0.29) is 36.3 Å². The van der Waals surface area contributed by atoms with Crippen LogP contribution in [0.15, 0.2) is 23.0 Å². The molecule has 10 nitrogen and oxygen atoms in total. The van der Waals surface area contributed by atoms with Gasteiger partial charge in [0.1, 0.15) is 6.04 Å². The van der Waals surface area contributed by atoms with E-state index in [1.807, 2.05) is 23.1 Å². The van der Waals surface area contributed by atoms with Crippen molar-refractivity contribution in [2.45, 2.75) is 69.7 Å². The number of hydrogen-bond donors (Lipinski definition) is 2. The lowest BCUT2D eigenvalue weighted by Crippen LogP contribution is -2.44. The average Bonchev–Trinajstić information content (AvgIpc) is 3.08. The van der Waals surface area contributed by atoms with Crippen LogP contribution in [0.1, 0.15) is 75.3 Å². The zero-order valence-electron chi connectivity index (χ0n) is 20.0. The molecule has 1 unspecified atom stereocenters. The van der Waals surface area contributed by atoms with Crippen LogP contribution >= 0.6 is 0 Å². The van der Waals surface area contributed by atoms with E-state index in [4.69, 9.17) is 5.11 Å². The van der Waals surface area contributed by atoms with Crippen molar-refractivity contribution in [2.24, 2.45) is 7.05 Å². The number of aryl methyl sites for hydroxylation is 1. The van der Waals surface area contributed by atoms with Gasteiger partial charge in [0.05, 0.1) is 11.0 Å². The molecule has 0 saturated carbocycles. The van der Waals surface area contributed by atoms with Gasteiger partial charge in [-0.2, -0.15) is 0 Å². The molecule has 2 aromatic rings. The first kappa shape index (κ1) is 24.7. The van der Waals surface area contributed by atoms with Gasteiger partial charge in [0.15, 0.2) is 0 Å². The first-order valence-electron chi connectivity index (χ1n) is 12.3. The van der Waals surface area contributed by atoms with Gasteiger partial charge in [0, 0.05) is 39.4 Å². The fraction of sp³-hybridized carbons (Fsp3) is 0.560. The molecule has 0 spiro atoms. The van der Waals surface area contributed by atoms with Gasteiger partial charge >= 0.3 is 11.7 Å². The maximum Gasteiger partial charge on any atom is 0.329 e. The van der Waals surface area contributed by atoms with Gasteiger partial charge in [0.25, 0.3) is 0 Å². The van der Waals surface area contributed by atoms with Gasteiger partial charge in [-0.15, -0.1) is 0 Å². The zero-order valence-corrected chi connectivity index (χ0v) is 20.0. The van der Waals surface area contributed by atoms with E-state index in [0.717, 1.165) is 30.3 Å². The third-order valence-corrected chi connectivity index (χ3v) is 7.24. The molecule has 10 heteroatoms. The number of nitrogens with one attached hydrogen (secondary N) is 1. The minimum absolute atomic E-state index is 0.123. The second-order valence-electron chi connectivity index (χ2n) is 9.54. The van der Waals surface area contributed by atoms with Gasteiger partial charge in [0.2, 0.25) is 17.7 Å². The summed E-state index contributed by atoms with van der Waals surface area (Å²) in [6, 6.07) is 5.18. The molecule has 2 N–H and O–H groups in total. The van der Waals surface area contributed by atoms with Crippen molar-refractivity contribution in [1.29, 1.82) is 0 Å². The van der Waals surface area contributed by atoms with Crippen LogP contribution in [0, 0.1) is 0 Å². The summed E-state index contributed by atoms with van der Waals surface area (Å²) in [6.07, 6.45) is 4.82. The molecule has 3 heterocycles. The number of amides is 3. The first-order chi connectivity index (χ1) is 16.8. The molecule has 0 bridgehead atoms. The van der Waals surface area contributed by atoms with Crippen LogP contribution in [0.4, 0.5) is 0 Å². The topological polar surface area (TPSA) is 131 Å². The summed E-state index contributed by atoms with van der Waals surface area (Å²) in [5, 5.41) is 11.0. The van der Waals surface area contributed by atoms with Crippen LogP contribution in [0.2, 0.25) is 0 Å². The highest BCUT2D eigenvalue weighted by atomic mass is 16.4. The number of likely N-dealkylation sites (tertiary alicyclic amines) is 1. The zero-order chi connectivity index (χ0) is 25.1. The Bertz CT molecular complexity index is 1200. The van der Waals surface area contributed by atoms with Crippen molar-refractivity contribution in [3.8, 4) is 0 Å². The minimum Gasteiger partial charge on any atom is -0.481 e. The molecule has 3 amide bonds. The SMILES string of the molecule is Cn1c(=O)n(C2CCC(=O)NC2=O)c2ccc(C3CCN(C(=O)CCCCCC(=O)O)CC3)cc21. The Balaban J connectivity index is 1.40. The number of carbonyl (C=O) groups excluding carboxylic acids is 3. The van der Waals surface area contributed by atoms with E-state index in [2.05, 4.69) is 5.32 Å². The standard InChI is InChI=1S/C25H32N4O6/c1-27-20-15-17(7-8-18(20)29(25(27)35)19-9-10-21(30)26-24(19)34)16-11-13-28(14-12-16)22(31)5-3-2-4-6-23(32)33/h7-8,15-16,19H,2-6,9-14H2,1H3,(H,32,33)(H,26,30,34). The number of unbranched alkanes of at least 4 members (excludes halogenated alkanes) is 2. The third-order valence-electron chi connectivity index (χ3n) is 7.24. The Morgan fingerprint density at radius 1 is 1.00 bits per heavy atom. The molecule has 35 heavy (non-hydrogen) atoms. The molecule has 4 rings (SSSR count). The number of fused-ring (bicyclic) bond motifs is 1. The number of aliphatic carboxylic acids is 1. The minimum atomic E-state index is -0.802. The summed E-state index contributed by atoms with van der Waals surface area (Å²) in [4.78, 5) is 61.8. The van der Waals surface area contributed by atoms with Crippen molar-refractivity contribution in [3.05, 3.63) is 34.2 Å². The van der Waals surface area contributed by atoms with Crippen LogP contribution in [0.25, 0.3) is 11.0 Å². The molecule has 1 aromatic carbocycles. The molecule has 2 fully saturated rings. The lowest BCUT2D eigenvalue weighted by Gasteiger charge is -2.32. The number of hydrogen-bond acceptors (Lipinski definition) is 5. The first-order valence-corrected chi connectivity index (χ1v) is 12.3. The number of carboxylic acid groups (broad SMARTS) is 1. The van der Waals surface area contributed by atoms with E-state index in [9.17, 15) is 24.0 Å². The summed E-state index contributed by atoms with van der Waals surface area (Å²) in [5.74, 6) is -1.17. The molecule has 1 atom stereocenters. The number of imide groups is 1. The quantitative estimate of drug-likeness (QED) is 0.436. The fourth-order valence-electron chi connectivity index (χ4n) is 5.21. The van der Waals surface area contributed by atoms with Crippen LogP contribution in [-0.4, -0.2) is 55.9 Å². The van der Waals surface area contributed by atoms with Crippen LogP contribution in [-0.2, 0) is 26.2 Å². The van der Waals surface area contributed by atoms with E-state index >= 15 is 0 Å². The van der Waals surface area contributed by atoms with Gasteiger partial charge in [-0.1, -0.05) is 12.5 Å². The second kappa shape index (κ2) is 10.5. The lowest BCUT2D eigenvalue weighted by atomic mass is 9.89. The lowest BCUT2D eigenvalue weighted by molar-refractivity contribution is -0.137. The molecule has 0 radical (unpaired) electrons. The van der Waals surface area contributed by atoms with Crippen LogP contribution in [0.3, 0.4) is 0 Å². The van der Waals surface area contributed by atoms with Crippen molar-refractivity contribution in [3.63, 3.8) is 0 Å². The Morgan fingerprint density at radius 2 is 1.71 bits per heavy atom. The molecule has 188 valence electrons. The van der Waals surface area contributed by atoms with E-state index in [1.165, 1.54) is 4.57 Å². The van der Waals surface area contributed by atoms with E-state index in [1.54, 1.807) is 11.6 Å². The Labute approximate surface area is 202 Å². The summed E-state index contributed by atoms with van der Waals surface area (Å²) >= 11 is 0. The van der Waals surface area contributed by atoms with Gasteiger partial charge in [-0.25, -0.2) is 4.79 Å². The largest absolute Gasteiger partial charge is 0.481 e. The van der Waals surface area contributed by atoms with Crippen LogP contribution in [0.5, 0.6) is 0 Å². The number of rotatable bonds is 8. The molecule has 2 aliphatic heterocycles. The highest BCUT2D eigenvalue weighted by Gasteiger charge is 2.31. The number of carbonyl (C=O) groups is 4. The molecular formula is C25H32N4O6. The number of carboxylic acids is 1. The highest BCUT2D eigenvalue weighted by Crippen LogP contribution is 2.31. The normalized spacial score (nSPS) is 19.2. The Hall–Kier alpha value is -3.43. The number of nitrogens with zero attached hydrogens (tertiary/aromatic N) is 3. The number of imidazole rings is 1. The van der Waals surface area contributed by atoms with E-state index in [0.29, 0.717) is 44.3 Å². The summed E-state index contributed by atoms with van der Waals surface area (Å²) in [5.41, 5.74) is 2.24. The fourth-order valence-corrected chi connectivity index (χ4v) is 5.21. The molecule has 2 aliphatic rings. The van der Waals surface area contributed by atoms with Gasteiger partial charge in [-0.05, 0) is 55.7 Å². The number of benzene rings is 1. The van der Waals surface area contributed by atoms with Gasteiger partial charge in [-0.3, -0.25) is 33.6 Å². The predicted octanol–water partition coefficient (Wildman–Crippen LogP) is 2.06. The number of aromatic nitrogens is 2. The average molecular weight is 485 g/mol. The monoisotopic (exact) mass is 484 g/mol. The summed E-state index contributed by atoms with van der Waals surface area (Å²) < 4.78 is 3.03. The van der Waals surface area contributed by atoms with Crippen molar-refractivity contribution in [1.82, 2.24) is 19.4 Å². The van der Waals surface area contributed by atoms with E-state index < -0.39 is 17.9 Å². The smallest absolute Gasteiger partial charge is 0.329 e. The molecule has 2 saturated heterocycles. The van der Waals surface area contributed by atoms with Crippen molar-refractivity contribution < 1.29 is 24.3 Å². The van der Waals surface area contributed by atoms with Crippen LogP contribution < -0.4 is 11.0 Å². The van der Waals surface area contributed by atoms with Gasteiger partial charge < -0.3 is 10.0 Å². The predicted molar refractivity (Wildman–Crippen MR) is 128 cm³/mol. The highest BCUT2D eigenvalue weighted by molar-refractivity contribution is 6.00. The summed E-state index contributed by atoms with van der Waals surface area (Å²) in [7, 11) is 1.69. The summed E-state index contributed by atoms with van der Waals surface area (Å²) in [6.45, 7) is 1.35.